The van der Waals surface area contributed by atoms with Crippen LogP contribution in [0.4, 0.5) is 0 Å². The van der Waals surface area contributed by atoms with Crippen molar-refractivity contribution in [2.75, 3.05) is 0 Å². The first-order chi connectivity index (χ1) is 9.92. The van der Waals surface area contributed by atoms with Gasteiger partial charge in [-0.2, -0.15) is 0 Å². The third-order valence-electron chi connectivity index (χ3n) is 3.44. The molecule has 0 atom stereocenters. The summed E-state index contributed by atoms with van der Waals surface area (Å²) in [6.07, 6.45) is 7.35. The summed E-state index contributed by atoms with van der Waals surface area (Å²) in [4.78, 5) is 13.1. The molecule has 4 aromatic rings. The van der Waals surface area contributed by atoms with E-state index in [-0.39, 0.29) is 0 Å². The van der Waals surface area contributed by atoms with Crippen LogP contribution in [-0.4, -0.2) is 15.0 Å². The number of hydrogen-bond acceptors (Lipinski definition) is 3. The van der Waals surface area contributed by atoms with E-state index in [0.717, 1.165) is 32.9 Å². The lowest BCUT2D eigenvalue weighted by Crippen LogP contribution is -1.87. The van der Waals surface area contributed by atoms with Gasteiger partial charge in [-0.05, 0) is 29.8 Å². The van der Waals surface area contributed by atoms with Crippen LogP contribution >= 0.6 is 0 Å². The van der Waals surface area contributed by atoms with E-state index in [1.165, 1.54) is 0 Å². The monoisotopic (exact) mass is 257 g/mol. The molecule has 3 nitrogen and oxygen atoms in total. The molecule has 0 bridgehead atoms. The molecule has 3 heteroatoms. The SMILES string of the molecule is c1ccc2ncc(-c3ccnc4ccncc34)cc2c1. The van der Waals surface area contributed by atoms with Crippen molar-refractivity contribution in [1.29, 1.82) is 0 Å². The fraction of sp³-hybridized carbons (Fsp3) is 0. The Morgan fingerprint density at radius 1 is 0.750 bits per heavy atom. The van der Waals surface area contributed by atoms with Crippen LogP contribution in [-0.2, 0) is 0 Å². The molecule has 1 aromatic carbocycles. The lowest BCUT2D eigenvalue weighted by Gasteiger charge is -2.06. The highest BCUT2D eigenvalue weighted by atomic mass is 14.7. The van der Waals surface area contributed by atoms with Crippen molar-refractivity contribution < 1.29 is 0 Å². The quantitative estimate of drug-likeness (QED) is 0.520. The van der Waals surface area contributed by atoms with Crippen molar-refractivity contribution in [1.82, 2.24) is 15.0 Å². The largest absolute Gasteiger partial charge is 0.264 e. The van der Waals surface area contributed by atoms with E-state index in [2.05, 4.69) is 27.1 Å². The maximum Gasteiger partial charge on any atom is 0.0739 e. The summed E-state index contributed by atoms with van der Waals surface area (Å²) in [6, 6.07) is 14.2. The molecular weight excluding hydrogens is 246 g/mol. The Balaban J connectivity index is 2.01. The van der Waals surface area contributed by atoms with Crippen molar-refractivity contribution in [3.8, 4) is 11.1 Å². The van der Waals surface area contributed by atoms with Gasteiger partial charge in [-0.25, -0.2) is 0 Å². The number of para-hydroxylation sites is 1. The zero-order chi connectivity index (χ0) is 13.4. The van der Waals surface area contributed by atoms with Gasteiger partial charge in [-0.1, -0.05) is 18.2 Å². The van der Waals surface area contributed by atoms with Crippen molar-refractivity contribution in [3.63, 3.8) is 0 Å². The van der Waals surface area contributed by atoms with Crippen LogP contribution in [0.5, 0.6) is 0 Å². The van der Waals surface area contributed by atoms with E-state index >= 15 is 0 Å². The fourth-order valence-corrected chi connectivity index (χ4v) is 2.46. The van der Waals surface area contributed by atoms with E-state index in [1.807, 2.05) is 48.9 Å². The number of nitrogens with zero attached hydrogens (tertiary/aromatic N) is 3. The van der Waals surface area contributed by atoms with Gasteiger partial charge in [0.05, 0.1) is 11.0 Å². The third-order valence-corrected chi connectivity index (χ3v) is 3.44. The molecule has 0 saturated heterocycles. The van der Waals surface area contributed by atoms with Crippen LogP contribution < -0.4 is 0 Å². The number of hydrogen-bond donors (Lipinski definition) is 0. The Morgan fingerprint density at radius 3 is 2.70 bits per heavy atom. The van der Waals surface area contributed by atoms with Gasteiger partial charge >= 0.3 is 0 Å². The molecule has 0 aliphatic carbocycles. The van der Waals surface area contributed by atoms with E-state index in [0.29, 0.717) is 0 Å². The molecule has 0 radical (unpaired) electrons. The van der Waals surface area contributed by atoms with Crippen molar-refractivity contribution in [2.45, 2.75) is 0 Å². The van der Waals surface area contributed by atoms with Crippen LogP contribution in [0, 0.1) is 0 Å². The molecule has 0 aliphatic heterocycles. The summed E-state index contributed by atoms with van der Waals surface area (Å²) in [7, 11) is 0. The van der Waals surface area contributed by atoms with Gasteiger partial charge in [0.1, 0.15) is 0 Å². The maximum atomic E-state index is 4.52. The van der Waals surface area contributed by atoms with Crippen LogP contribution in [0.2, 0.25) is 0 Å². The average Bonchev–Trinajstić information content (AvgIpc) is 2.54. The predicted octanol–water partition coefficient (Wildman–Crippen LogP) is 3.85. The summed E-state index contributed by atoms with van der Waals surface area (Å²) < 4.78 is 0. The minimum atomic E-state index is 0.950. The minimum Gasteiger partial charge on any atom is -0.264 e. The van der Waals surface area contributed by atoms with Crippen molar-refractivity contribution in [2.24, 2.45) is 0 Å². The summed E-state index contributed by atoms with van der Waals surface area (Å²) in [5.74, 6) is 0. The number of benzene rings is 1. The molecule has 0 aliphatic rings. The molecule has 3 heterocycles. The number of fused-ring (bicyclic) bond motifs is 2. The van der Waals surface area contributed by atoms with Crippen LogP contribution in [0.1, 0.15) is 0 Å². The highest BCUT2D eigenvalue weighted by Crippen LogP contribution is 2.28. The Hall–Kier alpha value is -2.81. The van der Waals surface area contributed by atoms with Crippen LogP contribution in [0.25, 0.3) is 32.9 Å². The summed E-state index contributed by atoms with van der Waals surface area (Å²) >= 11 is 0. The Labute approximate surface area is 116 Å². The van der Waals surface area contributed by atoms with Gasteiger partial charge in [0.2, 0.25) is 0 Å². The molecule has 0 saturated carbocycles. The number of aromatic nitrogens is 3. The second-order valence-electron chi connectivity index (χ2n) is 4.67. The first kappa shape index (κ1) is 11.1. The van der Waals surface area contributed by atoms with Crippen LogP contribution in [0.15, 0.2) is 67.3 Å². The standard InChI is InChI=1S/C17H11N3/c1-2-4-16-12(3-1)9-13(10-20-16)14-5-8-19-17-6-7-18-11-15(14)17/h1-11H. The van der Waals surface area contributed by atoms with Gasteiger partial charge in [0.15, 0.2) is 0 Å². The van der Waals surface area contributed by atoms with Gasteiger partial charge in [0, 0.05) is 41.1 Å². The highest BCUT2D eigenvalue weighted by Gasteiger charge is 2.05. The molecule has 20 heavy (non-hydrogen) atoms. The lowest BCUT2D eigenvalue weighted by molar-refractivity contribution is 1.32. The van der Waals surface area contributed by atoms with Crippen molar-refractivity contribution >= 4 is 21.8 Å². The summed E-state index contributed by atoms with van der Waals surface area (Å²) in [5.41, 5.74) is 4.16. The second-order valence-corrected chi connectivity index (χ2v) is 4.67. The Bertz CT molecular complexity index is 910. The van der Waals surface area contributed by atoms with E-state index in [9.17, 15) is 0 Å². The van der Waals surface area contributed by atoms with Crippen molar-refractivity contribution in [3.05, 3.63) is 67.3 Å². The van der Waals surface area contributed by atoms with E-state index in [4.69, 9.17) is 0 Å². The molecule has 0 spiro atoms. The van der Waals surface area contributed by atoms with Gasteiger partial charge in [-0.3, -0.25) is 15.0 Å². The fourth-order valence-electron chi connectivity index (χ4n) is 2.46. The predicted molar refractivity (Wildman–Crippen MR) is 80.3 cm³/mol. The summed E-state index contributed by atoms with van der Waals surface area (Å²) in [5, 5.41) is 2.19. The molecule has 4 rings (SSSR count). The van der Waals surface area contributed by atoms with E-state index < -0.39 is 0 Å². The minimum absolute atomic E-state index is 0.950. The molecule has 0 amide bonds. The first-order valence-corrected chi connectivity index (χ1v) is 6.46. The highest BCUT2D eigenvalue weighted by molar-refractivity contribution is 5.95. The van der Waals surface area contributed by atoms with Crippen LogP contribution in [0.3, 0.4) is 0 Å². The van der Waals surface area contributed by atoms with E-state index in [1.54, 1.807) is 6.20 Å². The summed E-state index contributed by atoms with van der Waals surface area (Å²) in [6.45, 7) is 0. The third kappa shape index (κ3) is 1.72. The zero-order valence-electron chi connectivity index (χ0n) is 10.7. The molecule has 0 N–H and O–H groups in total. The number of pyridine rings is 3. The molecule has 3 aromatic heterocycles. The average molecular weight is 257 g/mol. The molecule has 94 valence electrons. The normalized spacial score (nSPS) is 11.0. The van der Waals surface area contributed by atoms with Gasteiger partial charge in [0.25, 0.3) is 0 Å². The Kier molecular flexibility index (Phi) is 2.42. The van der Waals surface area contributed by atoms with Gasteiger partial charge in [-0.15, -0.1) is 0 Å². The molecular formula is C17H11N3. The zero-order valence-corrected chi connectivity index (χ0v) is 10.7. The topological polar surface area (TPSA) is 38.7 Å². The smallest absolute Gasteiger partial charge is 0.0739 e. The second kappa shape index (κ2) is 4.38. The first-order valence-electron chi connectivity index (χ1n) is 6.46. The molecule has 0 fully saturated rings. The number of rotatable bonds is 1. The lowest BCUT2D eigenvalue weighted by atomic mass is 10.0. The molecule has 0 unspecified atom stereocenters. The Morgan fingerprint density at radius 2 is 1.70 bits per heavy atom. The maximum absolute atomic E-state index is 4.52. The van der Waals surface area contributed by atoms with Gasteiger partial charge < -0.3 is 0 Å².